The number of hydrogen-bond donors (Lipinski definition) is 0. The van der Waals surface area contributed by atoms with E-state index in [-0.39, 0.29) is 24.0 Å². The van der Waals surface area contributed by atoms with Gasteiger partial charge in [0.15, 0.2) is 11.5 Å². The number of nitrogens with zero attached hydrogens (tertiary/aromatic N) is 4. The molecule has 170 valence electrons. The van der Waals surface area contributed by atoms with Crippen LogP contribution >= 0.6 is 0 Å². The number of Topliss-reactive ketones (excluding diaryl/α,β-unsaturated/α-hetero) is 1. The van der Waals surface area contributed by atoms with Gasteiger partial charge in [0, 0.05) is 38.7 Å². The van der Waals surface area contributed by atoms with Gasteiger partial charge >= 0.3 is 0 Å². The first kappa shape index (κ1) is 21.2. The van der Waals surface area contributed by atoms with Gasteiger partial charge in [-0.1, -0.05) is 0 Å². The second kappa shape index (κ2) is 8.38. The lowest BCUT2D eigenvalue weighted by molar-refractivity contribution is 0.0713. The van der Waals surface area contributed by atoms with Crippen molar-refractivity contribution in [3.8, 4) is 0 Å². The van der Waals surface area contributed by atoms with Gasteiger partial charge in [-0.15, -0.1) is 0 Å². The Balaban J connectivity index is 1.36. The van der Waals surface area contributed by atoms with Crippen LogP contribution in [0.2, 0.25) is 0 Å². The second-order valence-electron chi connectivity index (χ2n) is 8.42. The molecule has 3 aromatic rings. The molecule has 0 saturated carbocycles. The molecule has 7 nitrogen and oxygen atoms in total. The van der Waals surface area contributed by atoms with Crippen molar-refractivity contribution in [1.29, 1.82) is 0 Å². The number of anilines is 1. The van der Waals surface area contributed by atoms with Crippen LogP contribution in [0.4, 0.5) is 14.7 Å². The second-order valence-corrected chi connectivity index (χ2v) is 8.42. The third kappa shape index (κ3) is 4.10. The average Bonchev–Trinajstić information content (AvgIpc) is 3.32. The Bertz CT molecular complexity index is 1200. The minimum atomic E-state index is -0.662. The van der Waals surface area contributed by atoms with Crippen molar-refractivity contribution in [1.82, 2.24) is 14.9 Å². The van der Waals surface area contributed by atoms with Crippen LogP contribution in [-0.2, 0) is 6.42 Å². The first-order valence-electron chi connectivity index (χ1n) is 10.8. The molecule has 1 amide bonds. The maximum absolute atomic E-state index is 13.7. The Labute approximate surface area is 189 Å². The largest absolute Gasteiger partial charge is 0.459 e. The summed E-state index contributed by atoms with van der Waals surface area (Å²) >= 11 is 0. The van der Waals surface area contributed by atoms with Crippen LogP contribution in [0, 0.1) is 18.6 Å². The Morgan fingerprint density at radius 1 is 1.06 bits per heavy atom. The molecule has 1 aliphatic heterocycles. The van der Waals surface area contributed by atoms with Crippen LogP contribution < -0.4 is 4.90 Å². The Morgan fingerprint density at radius 3 is 2.45 bits per heavy atom. The van der Waals surface area contributed by atoms with E-state index >= 15 is 0 Å². The number of ketones is 1. The summed E-state index contributed by atoms with van der Waals surface area (Å²) in [5, 5.41) is 0. The smallest absolute Gasteiger partial charge is 0.289 e. The fraction of sp³-hybridized carbons (Fsp3) is 0.333. The molecule has 0 N–H and O–H groups in total. The zero-order valence-corrected chi connectivity index (χ0v) is 18.1. The number of aromatic nitrogens is 2. The highest BCUT2D eigenvalue weighted by molar-refractivity contribution is 5.99. The van der Waals surface area contributed by atoms with E-state index in [2.05, 4.69) is 9.97 Å². The fourth-order valence-electron chi connectivity index (χ4n) is 4.61. The van der Waals surface area contributed by atoms with Crippen LogP contribution in [0.5, 0.6) is 0 Å². The number of carbonyl (C=O) groups excluding carboxylic acids is 2. The molecule has 1 saturated heterocycles. The van der Waals surface area contributed by atoms with Gasteiger partial charge in [0.2, 0.25) is 5.95 Å². The van der Waals surface area contributed by atoms with E-state index in [0.29, 0.717) is 66.8 Å². The molecular formula is C24H22F2N4O3. The number of halogens is 2. The normalized spacial score (nSPS) is 18.4. The molecule has 33 heavy (non-hydrogen) atoms. The van der Waals surface area contributed by atoms with E-state index in [1.165, 1.54) is 18.4 Å². The highest BCUT2D eigenvalue weighted by atomic mass is 19.1. The minimum absolute atomic E-state index is 0.121. The van der Waals surface area contributed by atoms with Crippen molar-refractivity contribution in [2.75, 3.05) is 31.1 Å². The topological polar surface area (TPSA) is 79.5 Å². The number of fused-ring (bicyclic) bond motifs is 1. The molecule has 1 fully saturated rings. The van der Waals surface area contributed by atoms with Crippen LogP contribution in [-0.4, -0.2) is 52.7 Å². The number of carbonyl (C=O) groups is 2. The molecule has 1 aromatic carbocycles. The fourth-order valence-corrected chi connectivity index (χ4v) is 4.61. The molecule has 0 spiro atoms. The predicted molar refractivity (Wildman–Crippen MR) is 115 cm³/mol. The highest BCUT2D eigenvalue weighted by Crippen LogP contribution is 2.34. The summed E-state index contributed by atoms with van der Waals surface area (Å²) in [4.78, 5) is 38.3. The summed E-state index contributed by atoms with van der Waals surface area (Å²) in [5.74, 6) is -1.14. The molecular weight excluding hydrogens is 430 g/mol. The first-order chi connectivity index (χ1) is 15.9. The van der Waals surface area contributed by atoms with E-state index in [1.807, 2.05) is 4.90 Å². The Kier molecular flexibility index (Phi) is 5.39. The van der Waals surface area contributed by atoms with Crippen LogP contribution in [0.15, 0.2) is 41.0 Å². The number of piperazine rings is 1. The average molecular weight is 452 g/mol. The number of amides is 1. The van der Waals surface area contributed by atoms with Gasteiger partial charge in [0.1, 0.15) is 11.6 Å². The van der Waals surface area contributed by atoms with Crippen molar-refractivity contribution in [2.45, 2.75) is 25.7 Å². The number of benzene rings is 1. The lowest BCUT2D eigenvalue weighted by Gasteiger charge is -2.35. The highest BCUT2D eigenvalue weighted by Gasteiger charge is 2.32. The van der Waals surface area contributed by atoms with Crippen molar-refractivity contribution in [3.05, 3.63) is 76.5 Å². The van der Waals surface area contributed by atoms with Gasteiger partial charge in [-0.3, -0.25) is 9.59 Å². The lowest BCUT2D eigenvalue weighted by Crippen LogP contribution is -2.49. The molecule has 0 bridgehead atoms. The summed E-state index contributed by atoms with van der Waals surface area (Å²) < 4.78 is 32.7. The van der Waals surface area contributed by atoms with E-state index in [0.717, 1.165) is 6.07 Å². The number of furan rings is 1. The number of rotatable bonds is 3. The van der Waals surface area contributed by atoms with E-state index in [4.69, 9.17) is 4.42 Å². The van der Waals surface area contributed by atoms with Crippen LogP contribution in [0.1, 0.15) is 50.2 Å². The molecule has 1 atom stereocenters. The van der Waals surface area contributed by atoms with Gasteiger partial charge in [0.05, 0.1) is 23.2 Å². The van der Waals surface area contributed by atoms with Gasteiger partial charge < -0.3 is 14.2 Å². The molecule has 2 aliphatic rings. The number of aryl methyl sites for hydroxylation is 1. The third-order valence-corrected chi connectivity index (χ3v) is 6.24. The van der Waals surface area contributed by atoms with Crippen molar-refractivity contribution < 1.29 is 22.8 Å². The van der Waals surface area contributed by atoms with Crippen LogP contribution in [0.3, 0.4) is 0 Å². The van der Waals surface area contributed by atoms with Crippen molar-refractivity contribution in [3.63, 3.8) is 0 Å². The summed E-state index contributed by atoms with van der Waals surface area (Å²) in [6.07, 6.45) is 2.03. The lowest BCUT2D eigenvalue weighted by atomic mass is 9.81. The summed E-state index contributed by atoms with van der Waals surface area (Å²) in [6.45, 7) is 3.83. The van der Waals surface area contributed by atoms with Gasteiger partial charge in [-0.25, -0.2) is 18.7 Å². The van der Waals surface area contributed by atoms with E-state index in [9.17, 15) is 18.4 Å². The van der Waals surface area contributed by atoms with Crippen molar-refractivity contribution in [2.24, 2.45) is 0 Å². The minimum Gasteiger partial charge on any atom is -0.459 e. The SMILES string of the molecule is Cc1nc(N2CCN(C(=O)c3ccco3)CC2)nc2c1C(=O)C[C@H](c1cc(F)cc(F)c1)C2. The third-order valence-electron chi connectivity index (χ3n) is 6.24. The molecule has 5 rings (SSSR count). The van der Waals surface area contributed by atoms with Gasteiger partial charge in [0.25, 0.3) is 5.91 Å². The summed E-state index contributed by atoms with van der Waals surface area (Å²) in [7, 11) is 0. The first-order valence-corrected chi connectivity index (χ1v) is 10.8. The van der Waals surface area contributed by atoms with Gasteiger partial charge in [-0.2, -0.15) is 0 Å². The number of hydrogen-bond acceptors (Lipinski definition) is 6. The zero-order valence-electron chi connectivity index (χ0n) is 18.1. The maximum Gasteiger partial charge on any atom is 0.289 e. The Hall–Kier alpha value is -3.62. The predicted octanol–water partition coefficient (Wildman–Crippen LogP) is 3.53. The quantitative estimate of drug-likeness (QED) is 0.605. The summed E-state index contributed by atoms with van der Waals surface area (Å²) in [6, 6.07) is 6.69. The van der Waals surface area contributed by atoms with E-state index in [1.54, 1.807) is 24.0 Å². The maximum atomic E-state index is 13.7. The molecule has 0 radical (unpaired) electrons. The molecule has 0 unspecified atom stereocenters. The molecule has 2 aromatic heterocycles. The summed E-state index contributed by atoms with van der Waals surface area (Å²) in [5.41, 5.74) is 2.14. The molecule has 1 aliphatic carbocycles. The Morgan fingerprint density at radius 2 is 1.79 bits per heavy atom. The molecule has 3 heterocycles. The monoisotopic (exact) mass is 452 g/mol. The molecule has 9 heteroatoms. The van der Waals surface area contributed by atoms with E-state index < -0.39 is 11.6 Å². The van der Waals surface area contributed by atoms with Gasteiger partial charge in [-0.05, 0) is 49.1 Å². The van der Waals surface area contributed by atoms with Crippen molar-refractivity contribution >= 4 is 17.6 Å². The zero-order chi connectivity index (χ0) is 23.1. The standard InChI is InChI=1S/C24H22F2N4O3/c1-14-22-19(11-16(12-20(22)31)15-9-17(25)13-18(26)10-15)28-24(27-14)30-6-4-29(5-7-30)23(32)21-3-2-8-33-21/h2-3,8-10,13,16H,4-7,11-12H2,1H3/t16-/m1/s1. The van der Waals surface area contributed by atoms with Crippen LogP contribution in [0.25, 0.3) is 0 Å².